The van der Waals surface area contributed by atoms with E-state index in [9.17, 15) is 4.39 Å². The van der Waals surface area contributed by atoms with E-state index >= 15 is 0 Å². The third-order valence-corrected chi connectivity index (χ3v) is 5.11. The molecule has 2 aromatic carbocycles. The molecule has 1 aliphatic heterocycles. The maximum absolute atomic E-state index is 13.0. The van der Waals surface area contributed by atoms with Crippen molar-refractivity contribution in [1.29, 1.82) is 0 Å². The molecule has 140 valence electrons. The zero-order valence-corrected chi connectivity index (χ0v) is 15.6. The molecule has 0 radical (unpaired) electrons. The standard InChI is InChI=1S/C21H23FN4O/c1-15-11-12-25(2)18-5-3-4-6-19(18)26(15)14-21-23-20(24-27-21)13-16-7-9-17(22)10-8-16/h3-10,15H,11-14H2,1-2H3. The van der Waals surface area contributed by atoms with E-state index in [1.807, 2.05) is 0 Å². The molecule has 2 heterocycles. The van der Waals surface area contributed by atoms with Gasteiger partial charge in [-0.15, -0.1) is 0 Å². The molecular formula is C21H23FN4O. The molecule has 0 N–H and O–H groups in total. The highest BCUT2D eigenvalue weighted by molar-refractivity contribution is 5.72. The Morgan fingerprint density at radius 2 is 1.85 bits per heavy atom. The third kappa shape index (κ3) is 3.79. The van der Waals surface area contributed by atoms with Gasteiger partial charge in [0.15, 0.2) is 5.82 Å². The van der Waals surface area contributed by atoms with Gasteiger partial charge in [0.2, 0.25) is 5.89 Å². The second-order valence-electron chi connectivity index (χ2n) is 7.08. The van der Waals surface area contributed by atoms with Crippen molar-refractivity contribution in [3.63, 3.8) is 0 Å². The van der Waals surface area contributed by atoms with Crippen molar-refractivity contribution < 1.29 is 8.91 Å². The van der Waals surface area contributed by atoms with E-state index in [4.69, 9.17) is 4.52 Å². The number of para-hydroxylation sites is 2. The van der Waals surface area contributed by atoms with Crippen LogP contribution in [0, 0.1) is 5.82 Å². The van der Waals surface area contributed by atoms with Crippen LogP contribution in [0.3, 0.4) is 0 Å². The first kappa shape index (κ1) is 17.5. The van der Waals surface area contributed by atoms with E-state index in [-0.39, 0.29) is 5.82 Å². The van der Waals surface area contributed by atoms with E-state index < -0.39 is 0 Å². The van der Waals surface area contributed by atoms with Crippen LogP contribution in [0.2, 0.25) is 0 Å². The Balaban J connectivity index is 1.54. The maximum atomic E-state index is 13.0. The fraction of sp³-hybridized carbons (Fsp3) is 0.333. The van der Waals surface area contributed by atoms with Crippen LogP contribution in [0.5, 0.6) is 0 Å². The van der Waals surface area contributed by atoms with Crippen LogP contribution in [0.4, 0.5) is 15.8 Å². The molecule has 0 saturated carbocycles. The van der Waals surface area contributed by atoms with Gasteiger partial charge in [0, 0.05) is 26.1 Å². The highest BCUT2D eigenvalue weighted by atomic mass is 19.1. The molecule has 5 nitrogen and oxygen atoms in total. The van der Waals surface area contributed by atoms with E-state index in [1.54, 1.807) is 12.1 Å². The van der Waals surface area contributed by atoms with Crippen LogP contribution in [0.1, 0.15) is 30.6 Å². The molecule has 1 unspecified atom stereocenters. The lowest BCUT2D eigenvalue weighted by molar-refractivity contribution is 0.367. The Kier molecular flexibility index (Phi) is 4.79. The van der Waals surface area contributed by atoms with E-state index in [0.29, 0.717) is 30.7 Å². The minimum atomic E-state index is -0.244. The summed E-state index contributed by atoms with van der Waals surface area (Å²) in [5, 5.41) is 4.10. The van der Waals surface area contributed by atoms with Crippen LogP contribution >= 0.6 is 0 Å². The van der Waals surface area contributed by atoms with Gasteiger partial charge in [-0.2, -0.15) is 4.98 Å². The van der Waals surface area contributed by atoms with Gasteiger partial charge in [-0.25, -0.2) is 4.39 Å². The van der Waals surface area contributed by atoms with Gasteiger partial charge >= 0.3 is 0 Å². The van der Waals surface area contributed by atoms with Crippen molar-refractivity contribution in [2.75, 3.05) is 23.4 Å². The van der Waals surface area contributed by atoms with Gasteiger partial charge in [-0.1, -0.05) is 29.4 Å². The SMILES string of the molecule is CC1CCN(C)c2ccccc2N1Cc1nc(Cc2ccc(F)cc2)no1. The maximum Gasteiger partial charge on any atom is 0.246 e. The van der Waals surface area contributed by atoms with Crippen molar-refractivity contribution in [2.24, 2.45) is 0 Å². The molecular weight excluding hydrogens is 343 g/mol. The second kappa shape index (κ2) is 7.39. The van der Waals surface area contributed by atoms with Crippen LogP contribution in [0.15, 0.2) is 53.1 Å². The lowest BCUT2D eigenvalue weighted by Crippen LogP contribution is -2.32. The molecule has 1 atom stereocenters. The number of hydrogen-bond donors (Lipinski definition) is 0. The van der Waals surface area contributed by atoms with Crippen LogP contribution < -0.4 is 9.80 Å². The average Bonchev–Trinajstić information content (AvgIpc) is 3.08. The van der Waals surface area contributed by atoms with Gasteiger partial charge in [0.05, 0.1) is 17.9 Å². The van der Waals surface area contributed by atoms with Gasteiger partial charge in [0.1, 0.15) is 5.82 Å². The highest BCUT2D eigenvalue weighted by Gasteiger charge is 2.25. The summed E-state index contributed by atoms with van der Waals surface area (Å²) in [7, 11) is 2.13. The molecule has 1 aliphatic rings. The number of rotatable bonds is 4. The van der Waals surface area contributed by atoms with Gasteiger partial charge in [-0.05, 0) is 43.2 Å². The summed E-state index contributed by atoms with van der Waals surface area (Å²) >= 11 is 0. The number of anilines is 2. The lowest BCUT2D eigenvalue weighted by atomic mass is 10.1. The first-order valence-electron chi connectivity index (χ1n) is 9.23. The number of benzene rings is 2. The topological polar surface area (TPSA) is 45.4 Å². The zero-order valence-electron chi connectivity index (χ0n) is 15.6. The molecule has 0 fully saturated rings. The number of halogens is 1. The molecule has 0 amide bonds. The predicted octanol–water partition coefficient (Wildman–Crippen LogP) is 4.03. The molecule has 6 heteroatoms. The number of fused-ring (bicyclic) bond motifs is 1. The summed E-state index contributed by atoms with van der Waals surface area (Å²) in [5.41, 5.74) is 3.36. The van der Waals surface area contributed by atoms with Crippen molar-refractivity contribution in [2.45, 2.75) is 32.4 Å². The molecule has 0 aliphatic carbocycles. The lowest BCUT2D eigenvalue weighted by Gasteiger charge is -2.29. The van der Waals surface area contributed by atoms with Crippen molar-refractivity contribution in [3.8, 4) is 0 Å². The quantitative estimate of drug-likeness (QED) is 0.697. The minimum Gasteiger partial charge on any atom is -0.373 e. The number of nitrogens with zero attached hydrogens (tertiary/aromatic N) is 4. The molecule has 1 aromatic heterocycles. The summed E-state index contributed by atoms with van der Waals surface area (Å²) in [5.74, 6) is 0.967. The Hall–Kier alpha value is -2.89. The van der Waals surface area contributed by atoms with Crippen molar-refractivity contribution in [1.82, 2.24) is 10.1 Å². The summed E-state index contributed by atoms with van der Waals surface area (Å²) in [6.07, 6.45) is 1.58. The normalized spacial score (nSPS) is 16.9. The monoisotopic (exact) mass is 366 g/mol. The molecule has 0 bridgehead atoms. The fourth-order valence-electron chi connectivity index (χ4n) is 3.52. The van der Waals surface area contributed by atoms with Crippen molar-refractivity contribution >= 4 is 11.4 Å². The molecule has 4 rings (SSSR count). The summed E-state index contributed by atoms with van der Waals surface area (Å²) in [6.45, 7) is 3.81. The molecule has 0 saturated heterocycles. The molecule has 3 aromatic rings. The Morgan fingerprint density at radius 1 is 1.11 bits per heavy atom. The third-order valence-electron chi connectivity index (χ3n) is 5.11. The van der Waals surface area contributed by atoms with E-state index in [2.05, 4.69) is 58.2 Å². The smallest absolute Gasteiger partial charge is 0.246 e. The van der Waals surface area contributed by atoms with E-state index in [1.165, 1.54) is 23.5 Å². The molecule has 27 heavy (non-hydrogen) atoms. The fourth-order valence-corrected chi connectivity index (χ4v) is 3.52. The van der Waals surface area contributed by atoms with Crippen LogP contribution in [-0.4, -0.2) is 29.8 Å². The summed E-state index contributed by atoms with van der Waals surface area (Å²) in [6, 6.07) is 15.2. The number of hydrogen-bond acceptors (Lipinski definition) is 5. The second-order valence-corrected chi connectivity index (χ2v) is 7.08. The van der Waals surface area contributed by atoms with Gasteiger partial charge < -0.3 is 14.3 Å². The predicted molar refractivity (Wildman–Crippen MR) is 103 cm³/mol. The minimum absolute atomic E-state index is 0.244. The largest absolute Gasteiger partial charge is 0.373 e. The Bertz CT molecular complexity index is 909. The highest BCUT2D eigenvalue weighted by Crippen LogP contribution is 2.34. The Labute approximate surface area is 158 Å². The Morgan fingerprint density at radius 3 is 2.63 bits per heavy atom. The molecule has 0 spiro atoms. The summed E-state index contributed by atoms with van der Waals surface area (Å²) in [4.78, 5) is 9.17. The first-order valence-corrected chi connectivity index (χ1v) is 9.23. The van der Waals surface area contributed by atoms with Crippen LogP contribution in [-0.2, 0) is 13.0 Å². The first-order chi connectivity index (χ1) is 13.1. The zero-order chi connectivity index (χ0) is 18.8. The summed E-state index contributed by atoms with van der Waals surface area (Å²) < 4.78 is 18.6. The van der Waals surface area contributed by atoms with Gasteiger partial charge in [0.25, 0.3) is 0 Å². The van der Waals surface area contributed by atoms with Gasteiger partial charge in [-0.3, -0.25) is 0 Å². The van der Waals surface area contributed by atoms with E-state index in [0.717, 1.165) is 18.5 Å². The average molecular weight is 366 g/mol. The number of aromatic nitrogens is 2. The van der Waals surface area contributed by atoms with Crippen LogP contribution in [0.25, 0.3) is 0 Å². The van der Waals surface area contributed by atoms with Crippen molar-refractivity contribution in [3.05, 3.63) is 71.6 Å².